The lowest BCUT2D eigenvalue weighted by molar-refractivity contribution is 0.0963. The standard InChI is InChI=1S/C12H11N7O/c1-14-12(20)8-3-2-4-10(5-8)15-7-9(6-13)11-16-18-19-17-11/h2-5,7,15H,1H3,(H,14,20)(H,16,17,18,19). The molecular weight excluding hydrogens is 258 g/mol. The number of anilines is 1. The molecule has 0 fully saturated rings. The fourth-order valence-corrected chi connectivity index (χ4v) is 1.47. The molecular formula is C12H11N7O. The van der Waals surface area contributed by atoms with Crippen LogP contribution >= 0.6 is 0 Å². The van der Waals surface area contributed by atoms with E-state index in [1.54, 1.807) is 31.3 Å². The van der Waals surface area contributed by atoms with E-state index < -0.39 is 0 Å². The maximum absolute atomic E-state index is 11.5. The molecule has 1 heterocycles. The van der Waals surface area contributed by atoms with Gasteiger partial charge < -0.3 is 10.6 Å². The van der Waals surface area contributed by atoms with Crippen LogP contribution in [-0.4, -0.2) is 33.6 Å². The van der Waals surface area contributed by atoms with Crippen LogP contribution in [0.1, 0.15) is 16.2 Å². The van der Waals surface area contributed by atoms with Crippen molar-refractivity contribution in [3.63, 3.8) is 0 Å². The van der Waals surface area contributed by atoms with Crippen molar-refractivity contribution in [3.05, 3.63) is 41.9 Å². The van der Waals surface area contributed by atoms with Gasteiger partial charge in [0.2, 0.25) is 5.82 Å². The van der Waals surface area contributed by atoms with Gasteiger partial charge in [-0.3, -0.25) is 4.79 Å². The van der Waals surface area contributed by atoms with Gasteiger partial charge in [-0.1, -0.05) is 6.07 Å². The summed E-state index contributed by atoms with van der Waals surface area (Å²) in [5.74, 6) is 0.0127. The molecule has 0 aliphatic carbocycles. The van der Waals surface area contributed by atoms with Gasteiger partial charge in [0.1, 0.15) is 11.6 Å². The Balaban J connectivity index is 2.18. The molecule has 1 amide bonds. The van der Waals surface area contributed by atoms with E-state index in [0.29, 0.717) is 11.3 Å². The summed E-state index contributed by atoms with van der Waals surface area (Å²) in [6, 6.07) is 8.83. The zero-order valence-corrected chi connectivity index (χ0v) is 10.6. The van der Waals surface area contributed by atoms with E-state index in [1.807, 2.05) is 6.07 Å². The van der Waals surface area contributed by atoms with Crippen LogP contribution in [0.2, 0.25) is 0 Å². The SMILES string of the molecule is CNC(=O)c1cccc(NC=C(C#N)c2nn[nH]n2)c1. The van der Waals surface area contributed by atoms with E-state index in [2.05, 4.69) is 31.3 Å². The van der Waals surface area contributed by atoms with E-state index in [-0.39, 0.29) is 17.3 Å². The highest BCUT2D eigenvalue weighted by molar-refractivity contribution is 5.95. The number of rotatable bonds is 4. The van der Waals surface area contributed by atoms with Gasteiger partial charge in [0, 0.05) is 24.5 Å². The van der Waals surface area contributed by atoms with Gasteiger partial charge in [-0.15, -0.1) is 10.2 Å². The first kappa shape index (κ1) is 13.2. The predicted octanol–water partition coefficient (Wildman–Crippen LogP) is 0.536. The number of allylic oxidation sites excluding steroid dienone is 1. The summed E-state index contributed by atoms with van der Waals surface area (Å²) in [6.07, 6.45) is 1.45. The minimum atomic E-state index is -0.184. The maximum Gasteiger partial charge on any atom is 0.251 e. The second kappa shape index (κ2) is 6.10. The Hall–Kier alpha value is -3.21. The van der Waals surface area contributed by atoms with Gasteiger partial charge in [0.05, 0.1) is 0 Å². The number of tetrazole rings is 1. The Morgan fingerprint density at radius 3 is 3.00 bits per heavy atom. The predicted molar refractivity (Wildman–Crippen MR) is 71.2 cm³/mol. The summed E-state index contributed by atoms with van der Waals surface area (Å²) < 4.78 is 0. The van der Waals surface area contributed by atoms with E-state index in [4.69, 9.17) is 5.26 Å². The summed E-state index contributed by atoms with van der Waals surface area (Å²) in [5, 5.41) is 27.6. The number of aromatic amines is 1. The Kier molecular flexibility index (Phi) is 4.04. The number of aromatic nitrogens is 4. The van der Waals surface area contributed by atoms with Gasteiger partial charge in [0.15, 0.2) is 0 Å². The second-order valence-corrected chi connectivity index (χ2v) is 3.71. The zero-order chi connectivity index (χ0) is 14.4. The molecule has 1 aromatic heterocycles. The fraction of sp³-hybridized carbons (Fsp3) is 0.0833. The number of hydrogen-bond donors (Lipinski definition) is 3. The molecule has 0 aliphatic rings. The monoisotopic (exact) mass is 269 g/mol. The number of amides is 1. The van der Waals surface area contributed by atoms with E-state index in [0.717, 1.165) is 0 Å². The largest absolute Gasteiger partial charge is 0.360 e. The zero-order valence-electron chi connectivity index (χ0n) is 10.6. The lowest BCUT2D eigenvalue weighted by atomic mass is 10.2. The smallest absolute Gasteiger partial charge is 0.251 e. The Morgan fingerprint density at radius 2 is 2.35 bits per heavy atom. The Labute approximate surface area is 114 Å². The number of nitrogens with zero attached hydrogens (tertiary/aromatic N) is 4. The average Bonchev–Trinajstić information content (AvgIpc) is 3.01. The molecule has 0 saturated carbocycles. The van der Waals surface area contributed by atoms with Crippen molar-refractivity contribution in [1.29, 1.82) is 5.26 Å². The van der Waals surface area contributed by atoms with Gasteiger partial charge in [0.25, 0.3) is 5.91 Å². The Bertz CT molecular complexity index is 669. The summed E-state index contributed by atoms with van der Waals surface area (Å²) in [6.45, 7) is 0. The van der Waals surface area contributed by atoms with Gasteiger partial charge in [-0.05, 0) is 23.4 Å². The third kappa shape index (κ3) is 2.97. The second-order valence-electron chi connectivity index (χ2n) is 3.71. The Morgan fingerprint density at radius 1 is 1.50 bits per heavy atom. The molecule has 0 aliphatic heterocycles. The molecule has 20 heavy (non-hydrogen) atoms. The topological polar surface area (TPSA) is 119 Å². The van der Waals surface area contributed by atoms with E-state index >= 15 is 0 Å². The normalized spacial score (nSPS) is 10.7. The molecule has 0 saturated heterocycles. The maximum atomic E-state index is 11.5. The summed E-state index contributed by atoms with van der Waals surface area (Å²) >= 11 is 0. The van der Waals surface area contributed by atoms with E-state index in [9.17, 15) is 4.79 Å². The average molecular weight is 269 g/mol. The number of nitriles is 1. The van der Waals surface area contributed by atoms with Crippen LogP contribution in [0.15, 0.2) is 30.5 Å². The molecule has 100 valence electrons. The molecule has 8 heteroatoms. The van der Waals surface area contributed by atoms with Crippen molar-refractivity contribution in [2.24, 2.45) is 0 Å². The molecule has 0 radical (unpaired) electrons. The molecule has 8 nitrogen and oxygen atoms in total. The molecule has 1 aromatic carbocycles. The molecule has 3 N–H and O–H groups in total. The number of H-pyrrole nitrogens is 1. The fourth-order valence-electron chi connectivity index (χ4n) is 1.47. The van der Waals surface area contributed by atoms with Crippen molar-refractivity contribution in [2.75, 3.05) is 12.4 Å². The van der Waals surface area contributed by atoms with Crippen molar-refractivity contribution in [3.8, 4) is 6.07 Å². The van der Waals surface area contributed by atoms with Crippen LogP contribution < -0.4 is 10.6 Å². The molecule has 0 unspecified atom stereocenters. The lowest BCUT2D eigenvalue weighted by Gasteiger charge is -2.04. The third-order valence-corrected chi connectivity index (χ3v) is 2.44. The summed E-state index contributed by atoms with van der Waals surface area (Å²) in [4.78, 5) is 11.5. The number of carbonyl (C=O) groups excluding carboxylic acids is 1. The van der Waals surface area contributed by atoms with Crippen molar-refractivity contribution < 1.29 is 4.79 Å². The molecule has 2 aromatic rings. The highest BCUT2D eigenvalue weighted by Gasteiger charge is 2.06. The number of hydrogen-bond acceptors (Lipinski definition) is 6. The summed E-state index contributed by atoms with van der Waals surface area (Å²) in [5.41, 5.74) is 1.41. The van der Waals surface area contributed by atoms with Crippen molar-refractivity contribution in [2.45, 2.75) is 0 Å². The number of carbonyl (C=O) groups is 1. The van der Waals surface area contributed by atoms with Crippen LogP contribution in [0.3, 0.4) is 0 Å². The highest BCUT2D eigenvalue weighted by atomic mass is 16.1. The lowest BCUT2D eigenvalue weighted by Crippen LogP contribution is -2.17. The quantitative estimate of drug-likeness (QED) is 0.697. The van der Waals surface area contributed by atoms with Crippen LogP contribution in [0.4, 0.5) is 5.69 Å². The van der Waals surface area contributed by atoms with Gasteiger partial charge >= 0.3 is 0 Å². The minimum Gasteiger partial charge on any atom is -0.360 e. The van der Waals surface area contributed by atoms with Crippen LogP contribution in [0.5, 0.6) is 0 Å². The van der Waals surface area contributed by atoms with Crippen molar-refractivity contribution >= 4 is 17.2 Å². The first-order chi connectivity index (χ1) is 9.74. The van der Waals surface area contributed by atoms with Gasteiger partial charge in [-0.25, -0.2) is 0 Å². The van der Waals surface area contributed by atoms with Gasteiger partial charge in [-0.2, -0.15) is 10.5 Å². The van der Waals surface area contributed by atoms with Crippen LogP contribution in [-0.2, 0) is 0 Å². The molecule has 0 bridgehead atoms. The molecule has 0 atom stereocenters. The van der Waals surface area contributed by atoms with E-state index in [1.165, 1.54) is 6.20 Å². The first-order valence-electron chi connectivity index (χ1n) is 5.67. The number of nitrogens with one attached hydrogen (secondary N) is 3. The highest BCUT2D eigenvalue weighted by Crippen LogP contribution is 2.13. The minimum absolute atomic E-state index is 0.184. The first-order valence-corrected chi connectivity index (χ1v) is 5.67. The number of benzene rings is 1. The molecule has 0 spiro atoms. The summed E-state index contributed by atoms with van der Waals surface area (Å²) in [7, 11) is 1.56. The third-order valence-electron chi connectivity index (χ3n) is 2.44. The van der Waals surface area contributed by atoms with Crippen molar-refractivity contribution in [1.82, 2.24) is 25.9 Å². The van der Waals surface area contributed by atoms with Crippen LogP contribution in [0, 0.1) is 11.3 Å². The molecule has 2 rings (SSSR count). The van der Waals surface area contributed by atoms with Crippen LogP contribution in [0.25, 0.3) is 5.57 Å².